The normalized spacial score (nSPS) is 15.6. The van der Waals surface area contributed by atoms with Crippen LogP contribution >= 0.6 is 15.9 Å². The van der Waals surface area contributed by atoms with Crippen molar-refractivity contribution >= 4 is 32.1 Å². The zero-order chi connectivity index (χ0) is 14.1. The summed E-state index contributed by atoms with van der Waals surface area (Å²) in [5.41, 5.74) is 2.32. The fourth-order valence-corrected chi connectivity index (χ4v) is 2.65. The number of benzene rings is 2. The summed E-state index contributed by atoms with van der Waals surface area (Å²) in [6.45, 7) is 0. The summed E-state index contributed by atoms with van der Waals surface area (Å²) in [6.07, 6.45) is 0. The van der Waals surface area contributed by atoms with Gasteiger partial charge in [-0.25, -0.2) is 4.79 Å². The van der Waals surface area contributed by atoms with Gasteiger partial charge in [-0.3, -0.25) is 0 Å². The van der Waals surface area contributed by atoms with E-state index in [-0.39, 0.29) is 5.97 Å². The number of cyclic esters (lactones) is 1. The van der Waals surface area contributed by atoms with Crippen LogP contribution in [-0.4, -0.2) is 13.1 Å². The molecule has 100 valence electrons. The van der Waals surface area contributed by atoms with Gasteiger partial charge in [0.1, 0.15) is 5.75 Å². The molecule has 0 saturated carbocycles. The fourth-order valence-electron chi connectivity index (χ4n) is 2.09. The van der Waals surface area contributed by atoms with Crippen LogP contribution in [-0.2, 0) is 4.74 Å². The number of ether oxygens (including phenoxy) is 2. The van der Waals surface area contributed by atoms with Crippen LogP contribution in [0.2, 0.25) is 0 Å². The maximum atomic E-state index is 11.8. The Balaban J connectivity index is 2.08. The van der Waals surface area contributed by atoms with Crippen LogP contribution in [0.5, 0.6) is 5.75 Å². The van der Waals surface area contributed by atoms with Crippen LogP contribution < -0.4 is 4.74 Å². The number of carbonyl (C=O) groups excluding carboxylic acids is 1. The second-order valence-electron chi connectivity index (χ2n) is 4.31. The molecule has 0 spiro atoms. The van der Waals surface area contributed by atoms with E-state index in [0.29, 0.717) is 11.3 Å². The van der Waals surface area contributed by atoms with Gasteiger partial charge in [0.2, 0.25) is 0 Å². The molecule has 0 aromatic heterocycles. The standard InChI is InChI=1S/C16H11BrO3/c1-19-11-8-6-10(7-9-11)14(17)15-12-4-2-3-5-13(12)16(18)20-15/h2-9H,1H3/b15-14+. The highest BCUT2D eigenvalue weighted by atomic mass is 79.9. The molecule has 0 aliphatic carbocycles. The summed E-state index contributed by atoms with van der Waals surface area (Å²) in [5.74, 6) is 1.01. The average Bonchev–Trinajstić information content (AvgIpc) is 2.84. The van der Waals surface area contributed by atoms with E-state index in [4.69, 9.17) is 9.47 Å². The highest BCUT2D eigenvalue weighted by Crippen LogP contribution is 2.38. The molecule has 1 aliphatic heterocycles. The van der Waals surface area contributed by atoms with Gasteiger partial charge >= 0.3 is 5.97 Å². The molecule has 20 heavy (non-hydrogen) atoms. The average molecular weight is 331 g/mol. The Morgan fingerprint density at radius 3 is 2.35 bits per heavy atom. The van der Waals surface area contributed by atoms with Crippen LogP contribution in [0.4, 0.5) is 0 Å². The lowest BCUT2D eigenvalue weighted by Gasteiger charge is -2.06. The molecule has 0 saturated heterocycles. The predicted octanol–water partition coefficient (Wildman–Crippen LogP) is 4.09. The SMILES string of the molecule is COc1ccc(/C(Br)=C2\OC(=O)c3ccccc32)cc1. The van der Waals surface area contributed by atoms with Crippen molar-refractivity contribution in [2.75, 3.05) is 7.11 Å². The number of halogens is 1. The quantitative estimate of drug-likeness (QED) is 0.778. The number of carbonyl (C=O) groups is 1. The fraction of sp³-hybridized carbons (Fsp3) is 0.0625. The summed E-state index contributed by atoms with van der Waals surface area (Å²) in [6, 6.07) is 14.9. The molecule has 3 nitrogen and oxygen atoms in total. The lowest BCUT2D eigenvalue weighted by atomic mass is 10.1. The van der Waals surface area contributed by atoms with Crippen LogP contribution in [0.25, 0.3) is 10.2 Å². The van der Waals surface area contributed by atoms with E-state index in [9.17, 15) is 4.79 Å². The highest BCUT2D eigenvalue weighted by Gasteiger charge is 2.28. The number of hydrogen-bond acceptors (Lipinski definition) is 3. The van der Waals surface area contributed by atoms with Gasteiger partial charge in [0, 0.05) is 5.56 Å². The zero-order valence-corrected chi connectivity index (χ0v) is 12.3. The van der Waals surface area contributed by atoms with Crippen molar-refractivity contribution in [2.45, 2.75) is 0 Å². The molecule has 0 unspecified atom stereocenters. The van der Waals surface area contributed by atoms with E-state index in [0.717, 1.165) is 21.4 Å². The minimum atomic E-state index is -0.318. The molecule has 1 aliphatic rings. The van der Waals surface area contributed by atoms with Crippen molar-refractivity contribution in [3.05, 3.63) is 65.2 Å². The van der Waals surface area contributed by atoms with Gasteiger partial charge in [-0.2, -0.15) is 0 Å². The van der Waals surface area contributed by atoms with Gasteiger partial charge in [0.25, 0.3) is 0 Å². The molecule has 2 aromatic rings. The van der Waals surface area contributed by atoms with Gasteiger partial charge in [-0.15, -0.1) is 0 Å². The monoisotopic (exact) mass is 330 g/mol. The topological polar surface area (TPSA) is 35.5 Å². The van der Waals surface area contributed by atoms with Gasteiger partial charge in [-0.1, -0.05) is 30.3 Å². The Morgan fingerprint density at radius 1 is 1.05 bits per heavy atom. The van der Waals surface area contributed by atoms with Gasteiger partial charge < -0.3 is 9.47 Å². The Hall–Kier alpha value is -2.07. The van der Waals surface area contributed by atoms with Gasteiger partial charge in [-0.05, 0) is 39.7 Å². The molecule has 0 bridgehead atoms. The lowest BCUT2D eigenvalue weighted by Crippen LogP contribution is -1.92. The van der Waals surface area contributed by atoms with E-state index >= 15 is 0 Å². The van der Waals surface area contributed by atoms with Crippen molar-refractivity contribution in [3.8, 4) is 5.75 Å². The van der Waals surface area contributed by atoms with Crippen LogP contribution in [0.1, 0.15) is 21.5 Å². The maximum absolute atomic E-state index is 11.8. The summed E-state index contributed by atoms with van der Waals surface area (Å²) in [7, 11) is 1.62. The Kier molecular flexibility index (Phi) is 3.32. The number of rotatable bonds is 2. The molecular formula is C16H11BrO3. The maximum Gasteiger partial charge on any atom is 0.344 e. The summed E-state index contributed by atoms with van der Waals surface area (Å²) in [4.78, 5) is 11.8. The minimum absolute atomic E-state index is 0.318. The van der Waals surface area contributed by atoms with Crippen molar-refractivity contribution < 1.29 is 14.3 Å². The van der Waals surface area contributed by atoms with E-state index in [1.54, 1.807) is 13.2 Å². The third-order valence-electron chi connectivity index (χ3n) is 3.13. The van der Waals surface area contributed by atoms with Crippen LogP contribution in [0.15, 0.2) is 48.5 Å². The summed E-state index contributed by atoms with van der Waals surface area (Å²) < 4.78 is 11.2. The third-order valence-corrected chi connectivity index (χ3v) is 3.95. The molecule has 0 amide bonds. The second kappa shape index (κ2) is 5.13. The molecule has 0 radical (unpaired) electrons. The number of fused-ring (bicyclic) bond motifs is 1. The Bertz CT molecular complexity index is 702. The molecule has 2 aromatic carbocycles. The van der Waals surface area contributed by atoms with E-state index in [1.807, 2.05) is 42.5 Å². The molecular weight excluding hydrogens is 320 g/mol. The molecule has 3 rings (SSSR count). The molecule has 4 heteroatoms. The smallest absolute Gasteiger partial charge is 0.344 e. The first-order chi connectivity index (χ1) is 9.70. The first-order valence-electron chi connectivity index (χ1n) is 6.06. The second-order valence-corrected chi connectivity index (χ2v) is 5.10. The zero-order valence-electron chi connectivity index (χ0n) is 10.7. The molecule has 0 atom stereocenters. The van der Waals surface area contributed by atoms with Crippen molar-refractivity contribution in [1.29, 1.82) is 0 Å². The van der Waals surface area contributed by atoms with E-state index < -0.39 is 0 Å². The molecule has 0 fully saturated rings. The number of esters is 1. The van der Waals surface area contributed by atoms with Crippen molar-refractivity contribution in [1.82, 2.24) is 0 Å². The summed E-state index contributed by atoms with van der Waals surface area (Å²) >= 11 is 3.52. The minimum Gasteiger partial charge on any atom is -0.497 e. The van der Waals surface area contributed by atoms with E-state index in [2.05, 4.69) is 15.9 Å². The third kappa shape index (κ3) is 2.12. The first kappa shape index (κ1) is 12.9. The van der Waals surface area contributed by atoms with Gasteiger partial charge in [0.05, 0.1) is 17.2 Å². The highest BCUT2D eigenvalue weighted by molar-refractivity contribution is 9.15. The van der Waals surface area contributed by atoms with Crippen molar-refractivity contribution in [2.24, 2.45) is 0 Å². The Morgan fingerprint density at radius 2 is 1.70 bits per heavy atom. The van der Waals surface area contributed by atoms with Crippen LogP contribution in [0.3, 0.4) is 0 Å². The Labute approximate surface area is 125 Å². The molecule has 1 heterocycles. The molecule has 0 N–H and O–H groups in total. The lowest BCUT2D eigenvalue weighted by molar-refractivity contribution is 0.0717. The summed E-state index contributed by atoms with van der Waals surface area (Å²) in [5, 5.41) is 0. The van der Waals surface area contributed by atoms with Crippen LogP contribution in [0, 0.1) is 0 Å². The first-order valence-corrected chi connectivity index (χ1v) is 6.86. The van der Waals surface area contributed by atoms with E-state index in [1.165, 1.54) is 0 Å². The number of methoxy groups -OCH3 is 1. The van der Waals surface area contributed by atoms with Crippen molar-refractivity contribution in [3.63, 3.8) is 0 Å². The van der Waals surface area contributed by atoms with Gasteiger partial charge in [0.15, 0.2) is 5.76 Å². The largest absolute Gasteiger partial charge is 0.497 e. The predicted molar refractivity (Wildman–Crippen MR) is 80.6 cm³/mol. The number of hydrogen-bond donors (Lipinski definition) is 0.